The molecule has 10 nitrogen and oxygen atoms in total. The summed E-state index contributed by atoms with van der Waals surface area (Å²) in [7, 11) is 0. The van der Waals surface area contributed by atoms with Crippen LogP contribution in [0.3, 0.4) is 0 Å². The molecular formula is C24H26N8O2. The Bertz CT molecular complexity index is 1540. The van der Waals surface area contributed by atoms with E-state index in [0.29, 0.717) is 24.7 Å². The van der Waals surface area contributed by atoms with Gasteiger partial charge in [-0.25, -0.2) is 14.3 Å². The molecule has 1 aliphatic rings. The first-order valence-electron chi connectivity index (χ1n) is 11.5. The molecule has 0 bridgehead atoms. The van der Waals surface area contributed by atoms with Crippen LogP contribution in [0.5, 0.6) is 0 Å². The van der Waals surface area contributed by atoms with E-state index in [1.54, 1.807) is 4.57 Å². The fourth-order valence-corrected chi connectivity index (χ4v) is 4.73. The molecule has 2 N–H and O–H groups in total. The third-order valence-electron chi connectivity index (χ3n) is 6.36. The van der Waals surface area contributed by atoms with Gasteiger partial charge in [0, 0.05) is 31.1 Å². The topological polar surface area (TPSA) is 128 Å². The third-order valence-corrected chi connectivity index (χ3v) is 6.36. The van der Waals surface area contributed by atoms with Gasteiger partial charge in [-0.2, -0.15) is 5.26 Å². The van der Waals surface area contributed by atoms with Gasteiger partial charge >= 0.3 is 0 Å². The highest BCUT2D eigenvalue weighted by Crippen LogP contribution is 2.22. The molecule has 1 aliphatic heterocycles. The number of benzene rings is 1. The summed E-state index contributed by atoms with van der Waals surface area (Å²) in [6.45, 7) is 3.58. The second-order valence-electron chi connectivity index (χ2n) is 8.58. The predicted molar refractivity (Wildman–Crippen MR) is 130 cm³/mol. The molecule has 0 saturated carbocycles. The van der Waals surface area contributed by atoms with Gasteiger partial charge in [-0.05, 0) is 31.9 Å². The Morgan fingerprint density at radius 3 is 2.71 bits per heavy atom. The zero-order valence-electron chi connectivity index (χ0n) is 19.0. The van der Waals surface area contributed by atoms with E-state index in [2.05, 4.69) is 9.97 Å². The summed E-state index contributed by atoms with van der Waals surface area (Å²) in [4.78, 5) is 38.5. The molecule has 5 rings (SSSR count). The number of nitrogens with two attached hydrogens (primary N) is 1. The summed E-state index contributed by atoms with van der Waals surface area (Å²) in [6, 6.07) is 13.5. The lowest BCUT2D eigenvalue weighted by molar-refractivity contribution is 0.475. The number of nitriles is 1. The van der Waals surface area contributed by atoms with Gasteiger partial charge in [0.15, 0.2) is 5.52 Å². The van der Waals surface area contributed by atoms with Crippen LogP contribution in [0.25, 0.3) is 21.9 Å². The number of aryl methyl sites for hydroxylation is 1. The van der Waals surface area contributed by atoms with Crippen molar-refractivity contribution in [2.45, 2.75) is 45.4 Å². The second-order valence-corrected chi connectivity index (χ2v) is 8.58. The van der Waals surface area contributed by atoms with E-state index < -0.39 is 5.56 Å². The van der Waals surface area contributed by atoms with Gasteiger partial charge in [-0.3, -0.25) is 14.6 Å². The van der Waals surface area contributed by atoms with E-state index in [9.17, 15) is 14.9 Å². The maximum atomic E-state index is 13.7. The molecule has 0 aliphatic carbocycles. The molecule has 3 aromatic heterocycles. The van der Waals surface area contributed by atoms with E-state index in [1.165, 1.54) is 9.36 Å². The van der Waals surface area contributed by atoms with Gasteiger partial charge in [-0.15, -0.1) is 0 Å². The lowest BCUT2D eigenvalue weighted by Gasteiger charge is -2.31. The quantitative estimate of drug-likeness (QED) is 0.479. The van der Waals surface area contributed by atoms with Gasteiger partial charge in [-0.1, -0.05) is 24.3 Å². The van der Waals surface area contributed by atoms with Crippen molar-refractivity contribution in [3.63, 3.8) is 0 Å². The van der Waals surface area contributed by atoms with Crippen LogP contribution in [0.1, 0.15) is 25.5 Å². The molecule has 0 radical (unpaired) electrons. The fraction of sp³-hybridized carbons (Fsp3) is 0.375. The summed E-state index contributed by atoms with van der Waals surface area (Å²) in [5, 5.41) is 10.4. The summed E-state index contributed by atoms with van der Waals surface area (Å²) in [5.41, 5.74) is 7.08. The number of aromatic nitrogens is 5. The van der Waals surface area contributed by atoms with Crippen molar-refractivity contribution in [1.82, 2.24) is 23.9 Å². The first-order valence-corrected chi connectivity index (χ1v) is 11.5. The van der Waals surface area contributed by atoms with Crippen LogP contribution < -0.4 is 21.8 Å². The van der Waals surface area contributed by atoms with Crippen molar-refractivity contribution >= 4 is 27.9 Å². The monoisotopic (exact) mass is 458 g/mol. The Morgan fingerprint density at radius 2 is 1.94 bits per heavy atom. The average Bonchev–Trinajstić information content (AvgIpc) is 3.25. The SMILES string of the molecule is CCn1c(N2CCC[C@@H](N)C2)nc2c(=O)n(CC#N)n(Cc3ccc4ccccc4n3)c(=O)c21. The smallest absolute Gasteiger partial charge is 0.294 e. The molecule has 1 atom stereocenters. The number of nitrogens with zero attached hydrogens (tertiary/aromatic N) is 7. The largest absolute Gasteiger partial charge is 0.341 e. The highest BCUT2D eigenvalue weighted by molar-refractivity contribution is 5.79. The van der Waals surface area contributed by atoms with E-state index in [0.717, 1.165) is 30.3 Å². The summed E-state index contributed by atoms with van der Waals surface area (Å²) in [6.07, 6.45) is 1.86. The molecule has 1 fully saturated rings. The Kier molecular flexibility index (Phi) is 5.63. The second kappa shape index (κ2) is 8.76. The third kappa shape index (κ3) is 3.64. The zero-order valence-corrected chi connectivity index (χ0v) is 19.0. The number of hydrogen-bond acceptors (Lipinski definition) is 7. The molecule has 0 spiro atoms. The van der Waals surface area contributed by atoms with Crippen molar-refractivity contribution < 1.29 is 0 Å². The Morgan fingerprint density at radius 1 is 1.12 bits per heavy atom. The lowest BCUT2D eigenvalue weighted by atomic mass is 10.1. The molecule has 4 heterocycles. The number of hydrogen-bond donors (Lipinski definition) is 1. The van der Waals surface area contributed by atoms with Crippen molar-refractivity contribution in [3.8, 4) is 6.07 Å². The minimum atomic E-state index is -0.466. The Balaban J connectivity index is 1.70. The maximum absolute atomic E-state index is 13.7. The summed E-state index contributed by atoms with van der Waals surface area (Å²) >= 11 is 0. The van der Waals surface area contributed by atoms with E-state index >= 15 is 0 Å². The molecule has 174 valence electrons. The van der Waals surface area contributed by atoms with Crippen LogP contribution in [0.15, 0.2) is 46.0 Å². The molecule has 1 saturated heterocycles. The van der Waals surface area contributed by atoms with Gasteiger partial charge in [0.05, 0.1) is 23.8 Å². The predicted octanol–water partition coefficient (Wildman–Crippen LogP) is 1.43. The number of fused-ring (bicyclic) bond motifs is 2. The number of para-hydroxylation sites is 1. The summed E-state index contributed by atoms with van der Waals surface area (Å²) < 4.78 is 4.27. The highest BCUT2D eigenvalue weighted by atomic mass is 16.2. The number of imidazole rings is 1. The molecule has 0 unspecified atom stereocenters. The molecule has 34 heavy (non-hydrogen) atoms. The van der Waals surface area contributed by atoms with Crippen LogP contribution in [0.4, 0.5) is 5.95 Å². The molecule has 10 heteroatoms. The lowest BCUT2D eigenvalue weighted by Crippen LogP contribution is -2.44. The first-order chi connectivity index (χ1) is 16.5. The minimum absolute atomic E-state index is 0.0183. The number of piperidine rings is 1. The minimum Gasteiger partial charge on any atom is -0.341 e. The van der Waals surface area contributed by atoms with Gasteiger partial charge < -0.3 is 15.2 Å². The molecule has 1 aromatic carbocycles. The summed E-state index contributed by atoms with van der Waals surface area (Å²) in [5.74, 6) is 0.576. The van der Waals surface area contributed by atoms with E-state index in [-0.39, 0.29) is 35.7 Å². The number of rotatable bonds is 5. The number of anilines is 1. The molecular weight excluding hydrogens is 432 g/mol. The first kappa shape index (κ1) is 21.9. The highest BCUT2D eigenvalue weighted by Gasteiger charge is 2.26. The molecule has 0 amide bonds. The van der Waals surface area contributed by atoms with Crippen LogP contribution in [0.2, 0.25) is 0 Å². The van der Waals surface area contributed by atoms with Gasteiger partial charge in [0.1, 0.15) is 12.1 Å². The van der Waals surface area contributed by atoms with Gasteiger partial charge in [0.2, 0.25) is 5.95 Å². The Hall–Kier alpha value is -3.97. The van der Waals surface area contributed by atoms with Crippen molar-refractivity contribution in [1.29, 1.82) is 5.26 Å². The van der Waals surface area contributed by atoms with Crippen LogP contribution in [0, 0.1) is 11.3 Å². The van der Waals surface area contributed by atoms with Crippen molar-refractivity contribution in [3.05, 3.63) is 62.8 Å². The van der Waals surface area contributed by atoms with E-state index in [4.69, 9.17) is 5.73 Å². The van der Waals surface area contributed by atoms with Crippen molar-refractivity contribution in [2.24, 2.45) is 5.73 Å². The standard InChI is InChI=1S/C24H26N8O2/c1-2-30-21-20(28-24(30)29-12-5-7-17(26)14-29)22(33)31(13-11-25)32(23(21)34)15-18-10-9-16-6-3-4-8-19(16)27-18/h3-4,6,8-10,17H,2,5,7,12-15,26H2,1H3/t17-/m1/s1. The van der Waals surface area contributed by atoms with Crippen LogP contribution in [-0.4, -0.2) is 43.0 Å². The average molecular weight is 459 g/mol. The van der Waals surface area contributed by atoms with Crippen LogP contribution >= 0.6 is 0 Å². The maximum Gasteiger partial charge on any atom is 0.294 e. The van der Waals surface area contributed by atoms with Crippen LogP contribution in [-0.2, 0) is 19.6 Å². The number of pyridine rings is 1. The van der Waals surface area contributed by atoms with E-state index in [1.807, 2.05) is 54.3 Å². The van der Waals surface area contributed by atoms with Crippen molar-refractivity contribution in [2.75, 3.05) is 18.0 Å². The normalized spacial score (nSPS) is 16.3. The molecule has 4 aromatic rings. The fourth-order valence-electron chi connectivity index (χ4n) is 4.73. The Labute approximate surface area is 195 Å². The van der Waals surface area contributed by atoms with Gasteiger partial charge in [0.25, 0.3) is 11.1 Å². The zero-order chi connectivity index (χ0) is 23.8.